The summed E-state index contributed by atoms with van der Waals surface area (Å²) in [5.74, 6) is -0.490. The Balaban J connectivity index is 1.24. The number of ether oxygens (including phenoxy) is 1. The predicted octanol–water partition coefficient (Wildman–Crippen LogP) is 4.00. The molecule has 0 aliphatic carbocycles. The number of urea groups is 1. The highest BCUT2D eigenvalue weighted by molar-refractivity contribution is 5.89. The van der Waals surface area contributed by atoms with Gasteiger partial charge in [-0.05, 0) is 56.5 Å². The molecule has 4 rings (SSSR count). The maximum absolute atomic E-state index is 14.8. The molecule has 8 heteroatoms. The number of halogens is 1. The van der Waals surface area contributed by atoms with E-state index < -0.39 is 0 Å². The minimum atomic E-state index is -0.286. The van der Waals surface area contributed by atoms with Gasteiger partial charge in [-0.15, -0.1) is 0 Å². The van der Waals surface area contributed by atoms with Crippen LogP contribution in [0.3, 0.4) is 0 Å². The first-order valence-electron chi connectivity index (χ1n) is 12.0. The number of likely N-dealkylation sites (tertiary alicyclic amines) is 1. The fourth-order valence-electron chi connectivity index (χ4n) is 4.69. The number of carbonyl (C=O) groups is 2. The largest absolute Gasteiger partial charge is 0.372 e. The lowest BCUT2D eigenvalue weighted by molar-refractivity contribution is -0.126. The lowest BCUT2D eigenvalue weighted by atomic mass is 9.96. The zero-order chi connectivity index (χ0) is 24.1. The zero-order valence-corrected chi connectivity index (χ0v) is 19.8. The van der Waals surface area contributed by atoms with Crippen LogP contribution in [-0.4, -0.2) is 55.2 Å². The molecule has 2 unspecified atom stereocenters. The van der Waals surface area contributed by atoms with Crippen LogP contribution in [0, 0.1) is 11.7 Å². The lowest BCUT2D eigenvalue weighted by Gasteiger charge is -2.37. The molecule has 2 fully saturated rings. The molecule has 2 saturated heterocycles. The van der Waals surface area contributed by atoms with E-state index in [2.05, 4.69) is 10.6 Å². The van der Waals surface area contributed by atoms with Gasteiger partial charge >= 0.3 is 6.03 Å². The quantitative estimate of drug-likeness (QED) is 0.696. The van der Waals surface area contributed by atoms with E-state index in [1.807, 2.05) is 55.1 Å². The molecule has 2 heterocycles. The molecular formula is C26H33FN4O3. The van der Waals surface area contributed by atoms with Gasteiger partial charge in [-0.3, -0.25) is 4.79 Å². The number of para-hydroxylation sites is 1. The van der Waals surface area contributed by atoms with E-state index >= 15 is 0 Å². The van der Waals surface area contributed by atoms with Gasteiger partial charge in [0.25, 0.3) is 0 Å². The average Bonchev–Trinajstić information content (AvgIpc) is 2.82. The Hall–Kier alpha value is -3.13. The Morgan fingerprint density at radius 1 is 1.03 bits per heavy atom. The number of amides is 3. The van der Waals surface area contributed by atoms with Crippen molar-refractivity contribution in [2.45, 2.75) is 45.4 Å². The number of morpholine rings is 1. The molecule has 0 aromatic heterocycles. The van der Waals surface area contributed by atoms with Crippen LogP contribution in [0.5, 0.6) is 0 Å². The van der Waals surface area contributed by atoms with E-state index in [1.165, 1.54) is 6.07 Å². The van der Waals surface area contributed by atoms with Crippen molar-refractivity contribution < 1.29 is 18.7 Å². The fourth-order valence-corrected chi connectivity index (χ4v) is 4.69. The molecule has 0 saturated carbocycles. The van der Waals surface area contributed by atoms with Crippen LogP contribution in [0.2, 0.25) is 0 Å². The zero-order valence-electron chi connectivity index (χ0n) is 19.8. The van der Waals surface area contributed by atoms with Gasteiger partial charge in [0.1, 0.15) is 5.82 Å². The monoisotopic (exact) mass is 468 g/mol. The van der Waals surface area contributed by atoms with Crippen molar-refractivity contribution in [2.75, 3.05) is 36.4 Å². The summed E-state index contributed by atoms with van der Waals surface area (Å²) in [4.78, 5) is 28.8. The summed E-state index contributed by atoms with van der Waals surface area (Å²) in [5.41, 5.74) is 2.05. The van der Waals surface area contributed by atoms with Crippen LogP contribution in [0.15, 0.2) is 48.5 Å². The van der Waals surface area contributed by atoms with Crippen molar-refractivity contribution >= 4 is 23.3 Å². The third-order valence-electron chi connectivity index (χ3n) is 6.42. The van der Waals surface area contributed by atoms with Gasteiger partial charge < -0.3 is 25.2 Å². The third-order valence-corrected chi connectivity index (χ3v) is 6.42. The Bertz CT molecular complexity index is 985. The second kappa shape index (κ2) is 10.9. The standard InChI is InChI=1S/C26H33FN4O3/c1-18-16-31(17-19(2)34-18)24-9-8-20(14-23(24)27)15-28-25(32)21-10-12-30(13-11-21)26(33)29-22-6-4-3-5-7-22/h3-9,14,18-19,21H,10-13,15-17H2,1-2H3,(H,28,32)(H,29,33). The summed E-state index contributed by atoms with van der Waals surface area (Å²) >= 11 is 0. The van der Waals surface area contributed by atoms with E-state index in [9.17, 15) is 14.0 Å². The number of hydrogen-bond acceptors (Lipinski definition) is 4. The van der Waals surface area contributed by atoms with Crippen molar-refractivity contribution in [3.63, 3.8) is 0 Å². The fraction of sp³-hybridized carbons (Fsp3) is 0.462. The SMILES string of the molecule is CC1CN(c2ccc(CNC(=O)C3CCN(C(=O)Nc4ccccc4)CC3)cc2F)CC(C)O1. The minimum Gasteiger partial charge on any atom is -0.372 e. The first kappa shape index (κ1) is 24.0. The molecule has 0 spiro atoms. The van der Waals surface area contributed by atoms with Crippen LogP contribution in [0.1, 0.15) is 32.3 Å². The van der Waals surface area contributed by atoms with Crippen LogP contribution < -0.4 is 15.5 Å². The predicted molar refractivity (Wildman–Crippen MR) is 130 cm³/mol. The molecule has 2 aromatic rings. The van der Waals surface area contributed by atoms with Crippen LogP contribution in [0.4, 0.5) is 20.6 Å². The van der Waals surface area contributed by atoms with Crippen LogP contribution in [0.25, 0.3) is 0 Å². The second-order valence-corrected chi connectivity index (χ2v) is 9.22. The smallest absolute Gasteiger partial charge is 0.321 e. The van der Waals surface area contributed by atoms with Gasteiger partial charge in [-0.25, -0.2) is 9.18 Å². The molecule has 2 aliphatic heterocycles. The molecule has 0 bridgehead atoms. The van der Waals surface area contributed by atoms with Crippen LogP contribution >= 0.6 is 0 Å². The van der Waals surface area contributed by atoms with Crippen molar-refractivity contribution in [1.29, 1.82) is 0 Å². The van der Waals surface area contributed by atoms with E-state index in [-0.39, 0.29) is 42.4 Å². The molecule has 182 valence electrons. The molecular weight excluding hydrogens is 435 g/mol. The number of nitrogens with zero attached hydrogens (tertiary/aromatic N) is 2. The number of nitrogens with one attached hydrogen (secondary N) is 2. The van der Waals surface area contributed by atoms with E-state index in [1.54, 1.807) is 11.0 Å². The summed E-state index contributed by atoms with van der Waals surface area (Å²) in [6.07, 6.45) is 1.32. The highest BCUT2D eigenvalue weighted by Crippen LogP contribution is 2.25. The molecule has 0 radical (unpaired) electrons. The lowest BCUT2D eigenvalue weighted by Crippen LogP contribution is -2.45. The van der Waals surface area contributed by atoms with Gasteiger partial charge in [0.15, 0.2) is 0 Å². The van der Waals surface area contributed by atoms with E-state index in [0.29, 0.717) is 44.7 Å². The van der Waals surface area contributed by atoms with Gasteiger partial charge in [0.2, 0.25) is 5.91 Å². The Labute approximate surface area is 200 Å². The Morgan fingerprint density at radius 2 is 1.71 bits per heavy atom. The van der Waals surface area contributed by atoms with Gasteiger partial charge in [0, 0.05) is 44.3 Å². The maximum atomic E-state index is 14.8. The first-order valence-corrected chi connectivity index (χ1v) is 12.0. The van der Waals surface area contributed by atoms with Crippen molar-refractivity contribution in [3.8, 4) is 0 Å². The summed E-state index contributed by atoms with van der Waals surface area (Å²) in [6, 6.07) is 14.3. The maximum Gasteiger partial charge on any atom is 0.321 e. The second-order valence-electron chi connectivity index (χ2n) is 9.22. The average molecular weight is 469 g/mol. The van der Waals surface area contributed by atoms with E-state index in [0.717, 1.165) is 11.3 Å². The van der Waals surface area contributed by atoms with Crippen molar-refractivity contribution in [2.24, 2.45) is 5.92 Å². The third kappa shape index (κ3) is 6.05. The number of carbonyl (C=O) groups excluding carboxylic acids is 2. The number of benzene rings is 2. The van der Waals surface area contributed by atoms with Crippen molar-refractivity contribution in [3.05, 3.63) is 59.9 Å². The number of piperidine rings is 1. The molecule has 3 amide bonds. The molecule has 2 aliphatic rings. The summed E-state index contributed by atoms with van der Waals surface area (Å²) < 4.78 is 20.5. The summed E-state index contributed by atoms with van der Waals surface area (Å²) in [5, 5.41) is 5.82. The number of rotatable bonds is 5. The molecule has 2 N–H and O–H groups in total. The Kier molecular flexibility index (Phi) is 7.67. The molecule has 7 nitrogen and oxygen atoms in total. The van der Waals surface area contributed by atoms with Gasteiger partial charge in [0.05, 0.1) is 17.9 Å². The normalized spacial score (nSPS) is 21.3. The first-order chi connectivity index (χ1) is 16.4. The molecule has 34 heavy (non-hydrogen) atoms. The summed E-state index contributed by atoms with van der Waals surface area (Å²) in [6.45, 7) is 6.61. The van der Waals surface area contributed by atoms with Crippen LogP contribution in [-0.2, 0) is 16.1 Å². The Morgan fingerprint density at radius 3 is 2.35 bits per heavy atom. The topological polar surface area (TPSA) is 73.9 Å². The van der Waals surface area contributed by atoms with Gasteiger partial charge in [-0.2, -0.15) is 0 Å². The molecule has 2 aromatic carbocycles. The minimum absolute atomic E-state index is 0.0524. The van der Waals surface area contributed by atoms with E-state index in [4.69, 9.17) is 4.74 Å². The highest BCUT2D eigenvalue weighted by Gasteiger charge is 2.28. The number of anilines is 2. The summed E-state index contributed by atoms with van der Waals surface area (Å²) in [7, 11) is 0. The number of hydrogen-bond donors (Lipinski definition) is 2. The molecule has 2 atom stereocenters. The van der Waals surface area contributed by atoms with Crippen molar-refractivity contribution in [1.82, 2.24) is 10.2 Å². The highest BCUT2D eigenvalue weighted by atomic mass is 19.1. The van der Waals surface area contributed by atoms with Gasteiger partial charge in [-0.1, -0.05) is 24.3 Å².